The highest BCUT2D eigenvalue weighted by atomic mass is 79.9. The molecule has 0 aromatic carbocycles. The molecule has 0 spiro atoms. The van der Waals surface area contributed by atoms with Gasteiger partial charge in [-0.05, 0) is 0 Å². The molecule has 0 atom stereocenters. The van der Waals surface area contributed by atoms with Crippen LogP contribution in [0.5, 0.6) is 0 Å². The minimum absolute atomic E-state index is 0.594. The second-order valence-electron chi connectivity index (χ2n) is 0.655. The summed E-state index contributed by atoms with van der Waals surface area (Å²) in [5.74, 6) is 0. The van der Waals surface area contributed by atoms with Gasteiger partial charge in [-0.3, -0.25) is 0 Å². The van der Waals surface area contributed by atoms with Gasteiger partial charge in [0.15, 0.2) is 0 Å². The van der Waals surface area contributed by atoms with Crippen molar-refractivity contribution in [3.63, 3.8) is 0 Å². The van der Waals surface area contributed by atoms with Crippen LogP contribution in [-0.2, 0) is 4.74 Å². The number of hydrogen-bond acceptors (Lipinski definition) is 1. The number of terminal acetylenes is 1. The summed E-state index contributed by atoms with van der Waals surface area (Å²) in [7, 11) is 0. The molecule has 0 N–H and O–H groups in total. The lowest BCUT2D eigenvalue weighted by Gasteiger charge is -1.85. The van der Waals surface area contributed by atoms with Crippen molar-refractivity contribution in [1.29, 1.82) is 0 Å². The van der Waals surface area contributed by atoms with E-state index in [1.807, 2.05) is 6.11 Å². The number of halogens is 1. The van der Waals surface area contributed by atoms with Crippen LogP contribution in [-0.4, -0.2) is 11.9 Å². The summed E-state index contributed by atoms with van der Waals surface area (Å²) in [4.78, 5) is 0. The Hall–Kier alpha value is -0.160. The van der Waals surface area contributed by atoms with Gasteiger partial charge in [0.25, 0.3) is 0 Å². The summed E-state index contributed by atoms with van der Waals surface area (Å²) < 4.78 is 4.46. The van der Waals surface area contributed by atoms with Crippen LogP contribution in [0.25, 0.3) is 0 Å². The molecule has 0 saturated carbocycles. The second kappa shape index (κ2) is 4.84. The molecule has 0 aromatic rings. The first kappa shape index (κ1) is 5.84. The molecule has 0 aliphatic carbocycles. The highest BCUT2D eigenvalue weighted by Gasteiger charge is 1.71. The zero-order valence-electron chi connectivity index (χ0n) is 3.28. The molecular weight excluding hydrogens is 144 g/mol. The van der Waals surface area contributed by atoms with Crippen LogP contribution < -0.4 is 0 Å². The Bertz CT molecular complexity index is 55.1. The van der Waals surface area contributed by atoms with Crippen molar-refractivity contribution >= 4 is 15.9 Å². The van der Waals surface area contributed by atoms with E-state index in [9.17, 15) is 0 Å². The third kappa shape index (κ3) is 3.84. The normalized spacial score (nSPS) is 6.67. The van der Waals surface area contributed by atoms with E-state index in [-0.39, 0.29) is 0 Å². The van der Waals surface area contributed by atoms with Crippen molar-refractivity contribution in [3.8, 4) is 12.5 Å². The average Bonchev–Trinajstić information content (AvgIpc) is 1.61. The van der Waals surface area contributed by atoms with Crippen LogP contribution in [0.15, 0.2) is 0 Å². The van der Waals surface area contributed by atoms with Crippen molar-refractivity contribution in [2.24, 2.45) is 0 Å². The molecule has 0 aliphatic heterocycles. The smallest absolute Gasteiger partial charge is 0.110 e. The lowest BCUT2D eigenvalue weighted by atomic mass is 10.9. The quantitative estimate of drug-likeness (QED) is 0.323. The van der Waals surface area contributed by atoms with Gasteiger partial charge >= 0.3 is 0 Å². The second-order valence-corrected chi connectivity index (χ2v) is 1.45. The molecule has 0 radical (unpaired) electrons. The van der Waals surface area contributed by atoms with Crippen molar-refractivity contribution in [2.45, 2.75) is 0 Å². The number of rotatable bonds is 2. The maximum absolute atomic E-state index is 4.72. The van der Waals surface area contributed by atoms with Crippen LogP contribution in [0.4, 0.5) is 0 Å². The SMILES string of the molecule is C#COCCBr. The van der Waals surface area contributed by atoms with Gasteiger partial charge < -0.3 is 4.74 Å². The largest absolute Gasteiger partial charge is 0.446 e. The summed E-state index contributed by atoms with van der Waals surface area (Å²) in [6, 6.07) is 0. The van der Waals surface area contributed by atoms with E-state index in [2.05, 4.69) is 20.7 Å². The van der Waals surface area contributed by atoms with Crippen LogP contribution in [0.1, 0.15) is 0 Å². The molecule has 0 amide bonds. The van der Waals surface area contributed by atoms with Crippen molar-refractivity contribution in [3.05, 3.63) is 0 Å². The van der Waals surface area contributed by atoms with Crippen LogP contribution in [0.2, 0.25) is 0 Å². The zero-order chi connectivity index (χ0) is 4.83. The Morgan fingerprint density at radius 1 is 1.83 bits per heavy atom. The minimum atomic E-state index is 0.594. The summed E-state index contributed by atoms with van der Waals surface area (Å²) in [6.07, 6.45) is 6.76. The first-order valence-corrected chi connectivity index (χ1v) is 2.67. The third-order valence-corrected chi connectivity index (χ3v) is 0.586. The Morgan fingerprint density at radius 2 is 2.50 bits per heavy atom. The fourth-order valence-electron chi connectivity index (χ4n) is 0.0975. The predicted molar refractivity (Wildman–Crippen MR) is 28.6 cm³/mol. The van der Waals surface area contributed by atoms with Gasteiger partial charge in [0.2, 0.25) is 0 Å². The molecule has 0 aromatic heterocycles. The van der Waals surface area contributed by atoms with E-state index in [1.165, 1.54) is 0 Å². The Balaban J connectivity index is 2.54. The number of hydrogen-bond donors (Lipinski definition) is 0. The minimum Gasteiger partial charge on any atom is -0.446 e. The Labute approximate surface area is 45.8 Å². The molecule has 0 bridgehead atoms. The van der Waals surface area contributed by atoms with E-state index in [0.717, 1.165) is 5.33 Å². The Morgan fingerprint density at radius 3 is 2.67 bits per heavy atom. The van der Waals surface area contributed by atoms with E-state index >= 15 is 0 Å². The standard InChI is InChI=1S/C4H5BrO/c1-2-6-4-3-5/h1H,3-4H2. The van der Waals surface area contributed by atoms with Crippen LogP contribution in [0, 0.1) is 12.5 Å². The fraction of sp³-hybridized carbons (Fsp3) is 0.500. The van der Waals surface area contributed by atoms with Gasteiger partial charge in [-0.15, -0.1) is 0 Å². The molecule has 0 saturated heterocycles. The van der Waals surface area contributed by atoms with E-state index < -0.39 is 0 Å². The summed E-state index contributed by atoms with van der Waals surface area (Å²) in [5.41, 5.74) is 0. The zero-order valence-corrected chi connectivity index (χ0v) is 4.86. The highest BCUT2D eigenvalue weighted by Crippen LogP contribution is 1.77. The monoisotopic (exact) mass is 148 g/mol. The molecule has 0 heterocycles. The molecule has 0 aliphatic rings. The lowest BCUT2D eigenvalue weighted by molar-refractivity contribution is 0.304. The van der Waals surface area contributed by atoms with Crippen LogP contribution in [0.3, 0.4) is 0 Å². The summed E-state index contributed by atoms with van der Waals surface area (Å²) in [5, 5.41) is 0.803. The van der Waals surface area contributed by atoms with E-state index in [4.69, 9.17) is 6.42 Å². The maximum Gasteiger partial charge on any atom is 0.110 e. The molecule has 6 heavy (non-hydrogen) atoms. The van der Waals surface area contributed by atoms with Crippen molar-refractivity contribution < 1.29 is 4.74 Å². The molecule has 0 rings (SSSR count). The number of alkyl halides is 1. The first-order chi connectivity index (χ1) is 2.91. The molecule has 2 heteroatoms. The van der Waals surface area contributed by atoms with Crippen molar-refractivity contribution in [2.75, 3.05) is 11.9 Å². The van der Waals surface area contributed by atoms with Gasteiger partial charge in [-0.1, -0.05) is 22.4 Å². The van der Waals surface area contributed by atoms with Gasteiger partial charge in [0, 0.05) is 5.33 Å². The van der Waals surface area contributed by atoms with Gasteiger partial charge in [-0.25, -0.2) is 0 Å². The van der Waals surface area contributed by atoms with Crippen LogP contribution >= 0.6 is 15.9 Å². The number of ether oxygens (including phenoxy) is 1. The van der Waals surface area contributed by atoms with Gasteiger partial charge in [0.05, 0.1) is 0 Å². The van der Waals surface area contributed by atoms with Crippen molar-refractivity contribution in [1.82, 2.24) is 0 Å². The van der Waals surface area contributed by atoms with E-state index in [0.29, 0.717) is 6.61 Å². The fourth-order valence-corrected chi connectivity index (χ4v) is 0.259. The summed E-state index contributed by atoms with van der Waals surface area (Å²) in [6.45, 7) is 0.594. The topological polar surface area (TPSA) is 9.23 Å². The molecule has 1 nitrogen and oxygen atoms in total. The average molecular weight is 149 g/mol. The van der Waals surface area contributed by atoms with Gasteiger partial charge in [0.1, 0.15) is 12.7 Å². The predicted octanol–water partition coefficient (Wildman–Crippen LogP) is 0.989. The highest BCUT2D eigenvalue weighted by molar-refractivity contribution is 9.09. The Kier molecular flexibility index (Phi) is 4.71. The lowest BCUT2D eigenvalue weighted by Crippen LogP contribution is -1.84. The molecule has 0 unspecified atom stereocenters. The molecule has 0 fully saturated rings. The maximum atomic E-state index is 4.72. The third-order valence-electron chi connectivity index (χ3n) is 0.263. The van der Waals surface area contributed by atoms with E-state index in [1.54, 1.807) is 0 Å². The van der Waals surface area contributed by atoms with Gasteiger partial charge in [-0.2, -0.15) is 0 Å². The first-order valence-electron chi connectivity index (χ1n) is 1.55. The summed E-state index contributed by atoms with van der Waals surface area (Å²) >= 11 is 3.13. The molecule has 34 valence electrons. The molecular formula is C4H5BrO.